The first-order chi connectivity index (χ1) is 13.5. The van der Waals surface area contributed by atoms with Crippen molar-refractivity contribution >= 4 is 11.9 Å². The summed E-state index contributed by atoms with van der Waals surface area (Å²) in [6, 6.07) is 0. The van der Waals surface area contributed by atoms with E-state index in [4.69, 9.17) is 9.84 Å². The number of carbonyl (C=O) groups is 2. The molecule has 0 saturated carbocycles. The fraction of sp³-hybridized carbons (Fsp3) is 0.826. The number of hydrogen-bond acceptors (Lipinski definition) is 4. The van der Waals surface area contributed by atoms with Gasteiger partial charge in [-0.1, -0.05) is 84.5 Å². The van der Waals surface area contributed by atoms with Crippen LogP contribution in [0.5, 0.6) is 0 Å². The number of ether oxygens (including phenoxy) is 1. The number of hydrogen-bond donors (Lipinski definition) is 2. The molecule has 5 heteroatoms. The van der Waals surface area contributed by atoms with Crippen LogP contribution in [0.15, 0.2) is 11.8 Å². The second-order valence-electron chi connectivity index (χ2n) is 7.72. The van der Waals surface area contributed by atoms with Crippen molar-refractivity contribution in [3.05, 3.63) is 11.8 Å². The maximum absolute atomic E-state index is 12.0. The van der Waals surface area contributed by atoms with E-state index in [1.54, 1.807) is 0 Å². The van der Waals surface area contributed by atoms with E-state index in [0.717, 1.165) is 44.6 Å². The van der Waals surface area contributed by atoms with Crippen molar-refractivity contribution in [2.75, 3.05) is 0 Å². The Kier molecular flexibility index (Phi) is 17.8. The number of aliphatic carboxylic acids is 1. The van der Waals surface area contributed by atoms with Crippen LogP contribution in [0.4, 0.5) is 0 Å². The Balaban J connectivity index is 4.11. The van der Waals surface area contributed by atoms with Crippen LogP contribution in [0.3, 0.4) is 0 Å². The molecule has 0 heterocycles. The molecule has 0 rings (SSSR count). The number of allylic oxidation sites excluding steroid dienone is 1. The molecule has 0 aromatic carbocycles. The van der Waals surface area contributed by atoms with Gasteiger partial charge in [0.15, 0.2) is 0 Å². The molecule has 0 aliphatic carbocycles. The normalized spacial score (nSPS) is 12.7. The Morgan fingerprint density at radius 2 is 1.29 bits per heavy atom. The third kappa shape index (κ3) is 17.9. The van der Waals surface area contributed by atoms with Crippen molar-refractivity contribution in [2.45, 2.75) is 123 Å². The monoisotopic (exact) mass is 398 g/mol. The summed E-state index contributed by atoms with van der Waals surface area (Å²) in [4.78, 5) is 23.0. The van der Waals surface area contributed by atoms with Gasteiger partial charge in [0, 0.05) is 6.42 Å². The van der Waals surface area contributed by atoms with E-state index in [0.29, 0.717) is 12.8 Å². The van der Waals surface area contributed by atoms with Crippen LogP contribution >= 0.6 is 0 Å². The number of carboxylic acid groups (broad SMARTS) is 1. The molecule has 0 saturated heterocycles. The number of aliphatic hydroxyl groups is 1. The Morgan fingerprint density at radius 1 is 0.786 bits per heavy atom. The molecular weight excluding hydrogens is 356 g/mol. The third-order valence-electron chi connectivity index (χ3n) is 4.89. The Hall–Kier alpha value is -1.52. The van der Waals surface area contributed by atoms with E-state index < -0.39 is 18.0 Å². The minimum atomic E-state index is -0.972. The lowest BCUT2D eigenvalue weighted by atomic mass is 10.1. The van der Waals surface area contributed by atoms with Crippen LogP contribution in [0.25, 0.3) is 0 Å². The fourth-order valence-corrected chi connectivity index (χ4v) is 3.22. The third-order valence-corrected chi connectivity index (χ3v) is 4.89. The smallest absolute Gasteiger partial charge is 0.334 e. The van der Waals surface area contributed by atoms with Crippen LogP contribution in [-0.2, 0) is 14.3 Å². The molecule has 0 aliphatic rings. The maximum atomic E-state index is 12.0. The largest absolute Gasteiger partial charge is 0.512 e. The minimum Gasteiger partial charge on any atom is -0.512 e. The van der Waals surface area contributed by atoms with Crippen LogP contribution in [0, 0.1) is 0 Å². The van der Waals surface area contributed by atoms with E-state index in [-0.39, 0.29) is 12.2 Å². The summed E-state index contributed by atoms with van der Waals surface area (Å²) in [7, 11) is 0. The summed E-state index contributed by atoms with van der Waals surface area (Å²) in [6.07, 6.45) is 15.9. The van der Waals surface area contributed by atoms with Gasteiger partial charge in [0.1, 0.15) is 6.10 Å². The minimum absolute atomic E-state index is 0.0206. The van der Waals surface area contributed by atoms with E-state index in [1.165, 1.54) is 44.9 Å². The van der Waals surface area contributed by atoms with Crippen LogP contribution in [-0.4, -0.2) is 28.3 Å². The maximum Gasteiger partial charge on any atom is 0.334 e. The highest BCUT2D eigenvalue weighted by molar-refractivity contribution is 5.82. The zero-order chi connectivity index (χ0) is 21.0. The second-order valence-corrected chi connectivity index (χ2v) is 7.72. The zero-order valence-corrected chi connectivity index (χ0v) is 18.1. The van der Waals surface area contributed by atoms with E-state index >= 15 is 0 Å². The molecule has 1 unspecified atom stereocenters. The molecule has 28 heavy (non-hydrogen) atoms. The molecule has 0 radical (unpaired) electrons. The van der Waals surface area contributed by atoms with Gasteiger partial charge in [0.2, 0.25) is 0 Å². The number of rotatable bonds is 19. The predicted molar refractivity (Wildman–Crippen MR) is 113 cm³/mol. The van der Waals surface area contributed by atoms with Crippen molar-refractivity contribution in [1.82, 2.24) is 0 Å². The quantitative estimate of drug-likeness (QED) is 0.109. The molecule has 0 aromatic rings. The number of unbranched alkanes of at least 4 members (excludes halogenated alkanes) is 11. The number of aliphatic hydroxyl groups excluding tert-OH is 1. The van der Waals surface area contributed by atoms with Gasteiger partial charge in [-0.3, -0.25) is 4.79 Å². The summed E-state index contributed by atoms with van der Waals surface area (Å²) in [6.45, 7) is 4.36. The van der Waals surface area contributed by atoms with Gasteiger partial charge in [0.25, 0.3) is 0 Å². The first-order valence-corrected chi connectivity index (χ1v) is 11.3. The molecule has 0 bridgehead atoms. The summed E-state index contributed by atoms with van der Waals surface area (Å²) >= 11 is 0. The highest BCUT2D eigenvalue weighted by Crippen LogP contribution is 2.15. The highest BCUT2D eigenvalue weighted by Gasteiger charge is 2.17. The number of carbonyl (C=O) groups excluding carboxylic acids is 1. The summed E-state index contributed by atoms with van der Waals surface area (Å²) < 4.78 is 5.28. The lowest BCUT2D eigenvalue weighted by molar-refractivity contribution is -0.148. The van der Waals surface area contributed by atoms with Crippen LogP contribution < -0.4 is 0 Å². The fourth-order valence-electron chi connectivity index (χ4n) is 3.22. The molecule has 0 spiro atoms. The molecule has 2 N–H and O–H groups in total. The van der Waals surface area contributed by atoms with Gasteiger partial charge in [-0.25, -0.2) is 4.79 Å². The van der Waals surface area contributed by atoms with E-state index in [2.05, 4.69) is 13.8 Å². The lowest BCUT2D eigenvalue weighted by Gasteiger charge is -2.15. The van der Waals surface area contributed by atoms with Crippen LogP contribution in [0.1, 0.15) is 117 Å². The molecule has 0 amide bonds. The highest BCUT2D eigenvalue weighted by atomic mass is 16.5. The van der Waals surface area contributed by atoms with Gasteiger partial charge in [-0.2, -0.15) is 0 Å². The summed E-state index contributed by atoms with van der Waals surface area (Å²) in [5, 5.41) is 18.9. The Morgan fingerprint density at radius 3 is 1.82 bits per heavy atom. The molecule has 0 aromatic heterocycles. The van der Waals surface area contributed by atoms with E-state index in [1.807, 2.05) is 0 Å². The lowest BCUT2D eigenvalue weighted by Crippen LogP contribution is -2.21. The number of carboxylic acids is 1. The van der Waals surface area contributed by atoms with Crippen molar-refractivity contribution in [1.29, 1.82) is 0 Å². The first kappa shape index (κ1) is 26.5. The van der Waals surface area contributed by atoms with Gasteiger partial charge in [-0.05, 0) is 19.3 Å². The standard InChI is InChI=1S/C23H42O5/c1-3-5-7-9-11-12-14-16-20(24)18-23(27)28-21(19-22(25)26)17-15-13-10-8-6-4-2/h18,21,24H,3-17,19H2,1-2H3,(H,25,26). The van der Waals surface area contributed by atoms with Crippen molar-refractivity contribution in [3.63, 3.8) is 0 Å². The molecule has 0 fully saturated rings. The Labute approximate surface area is 171 Å². The average molecular weight is 399 g/mol. The summed E-state index contributed by atoms with van der Waals surface area (Å²) in [5.41, 5.74) is 0. The van der Waals surface area contributed by atoms with Gasteiger partial charge < -0.3 is 14.9 Å². The zero-order valence-electron chi connectivity index (χ0n) is 18.1. The topological polar surface area (TPSA) is 83.8 Å². The second kappa shape index (κ2) is 18.8. The molecule has 1 atom stereocenters. The van der Waals surface area contributed by atoms with Crippen molar-refractivity contribution in [3.8, 4) is 0 Å². The van der Waals surface area contributed by atoms with Gasteiger partial charge in [-0.15, -0.1) is 0 Å². The predicted octanol–water partition coefficient (Wildman–Crippen LogP) is 6.71. The molecular formula is C23H42O5. The van der Waals surface area contributed by atoms with Crippen molar-refractivity contribution in [2.24, 2.45) is 0 Å². The Bertz CT molecular complexity index is 431. The average Bonchev–Trinajstić information content (AvgIpc) is 2.63. The van der Waals surface area contributed by atoms with Crippen molar-refractivity contribution < 1.29 is 24.5 Å². The molecule has 5 nitrogen and oxygen atoms in total. The number of esters is 1. The van der Waals surface area contributed by atoms with E-state index in [9.17, 15) is 14.7 Å². The molecule has 164 valence electrons. The van der Waals surface area contributed by atoms with Gasteiger partial charge >= 0.3 is 11.9 Å². The summed E-state index contributed by atoms with van der Waals surface area (Å²) in [5.74, 6) is -1.59. The SMILES string of the molecule is CCCCCCCCCC(O)=CC(=O)OC(CCCCCCCC)CC(=O)O. The molecule has 0 aliphatic heterocycles. The van der Waals surface area contributed by atoms with Gasteiger partial charge in [0.05, 0.1) is 18.3 Å². The van der Waals surface area contributed by atoms with Crippen LogP contribution in [0.2, 0.25) is 0 Å². The first-order valence-electron chi connectivity index (χ1n) is 11.3.